The Morgan fingerprint density at radius 1 is 1.33 bits per heavy atom. The molecule has 0 aromatic carbocycles. The third-order valence-electron chi connectivity index (χ3n) is 1.92. The molecule has 0 aliphatic carbocycles. The summed E-state index contributed by atoms with van der Waals surface area (Å²) in [5.41, 5.74) is 6.65. The molecule has 0 aliphatic rings. The van der Waals surface area contributed by atoms with Gasteiger partial charge in [0, 0.05) is 18.7 Å². The van der Waals surface area contributed by atoms with Gasteiger partial charge in [-0.25, -0.2) is 0 Å². The van der Waals surface area contributed by atoms with Crippen molar-refractivity contribution in [3.8, 4) is 0 Å². The zero-order valence-corrected chi connectivity index (χ0v) is 8.25. The van der Waals surface area contributed by atoms with Gasteiger partial charge in [-0.2, -0.15) is 13.2 Å². The fourth-order valence-electron chi connectivity index (χ4n) is 1.06. The minimum atomic E-state index is -4.17. The van der Waals surface area contributed by atoms with Gasteiger partial charge in [-0.05, 0) is 13.3 Å². The van der Waals surface area contributed by atoms with E-state index in [2.05, 4.69) is 9.97 Å². The third-order valence-corrected chi connectivity index (χ3v) is 1.92. The fourth-order valence-corrected chi connectivity index (χ4v) is 1.06. The summed E-state index contributed by atoms with van der Waals surface area (Å²) >= 11 is 0. The maximum absolute atomic E-state index is 11.9. The molecule has 6 heteroatoms. The topological polar surface area (TPSA) is 51.8 Å². The molecule has 1 unspecified atom stereocenters. The molecule has 0 radical (unpaired) electrons. The van der Waals surface area contributed by atoms with Crippen molar-refractivity contribution in [3.05, 3.63) is 23.8 Å². The van der Waals surface area contributed by atoms with Crippen molar-refractivity contribution in [2.75, 3.05) is 0 Å². The van der Waals surface area contributed by atoms with Crippen LogP contribution in [0.5, 0.6) is 0 Å². The first-order valence-corrected chi connectivity index (χ1v) is 4.49. The lowest BCUT2D eigenvalue weighted by molar-refractivity contribution is -0.136. The minimum Gasteiger partial charge on any atom is -0.323 e. The highest BCUT2D eigenvalue weighted by molar-refractivity contribution is 5.04. The van der Waals surface area contributed by atoms with E-state index >= 15 is 0 Å². The van der Waals surface area contributed by atoms with Crippen molar-refractivity contribution < 1.29 is 13.2 Å². The van der Waals surface area contributed by atoms with Gasteiger partial charge in [0.15, 0.2) is 0 Å². The number of nitrogens with two attached hydrogens (primary N) is 1. The van der Waals surface area contributed by atoms with Gasteiger partial charge in [0.05, 0.1) is 17.6 Å². The second-order valence-corrected chi connectivity index (χ2v) is 3.34. The lowest BCUT2D eigenvalue weighted by Crippen LogP contribution is -2.17. The van der Waals surface area contributed by atoms with Crippen LogP contribution in [0.4, 0.5) is 13.2 Å². The zero-order valence-electron chi connectivity index (χ0n) is 8.25. The number of halogens is 3. The van der Waals surface area contributed by atoms with E-state index in [-0.39, 0.29) is 6.42 Å². The standard InChI is InChI=1S/C9H12F3N3/c1-6-4-15-8(5-14-6)7(13)2-3-9(10,11)12/h4-5,7H,2-3,13H2,1H3. The molecule has 0 saturated carbocycles. The lowest BCUT2D eigenvalue weighted by atomic mass is 10.1. The summed E-state index contributed by atoms with van der Waals surface area (Å²) in [6.07, 6.45) is -2.33. The molecule has 0 saturated heterocycles. The fraction of sp³-hybridized carbons (Fsp3) is 0.556. The van der Waals surface area contributed by atoms with Crippen LogP contribution in [0, 0.1) is 6.92 Å². The summed E-state index contributed by atoms with van der Waals surface area (Å²) in [6.45, 7) is 1.75. The molecule has 1 aromatic rings. The van der Waals surface area contributed by atoms with Crippen molar-refractivity contribution in [1.29, 1.82) is 0 Å². The van der Waals surface area contributed by atoms with Crippen molar-refractivity contribution in [2.24, 2.45) is 5.73 Å². The first-order chi connectivity index (χ1) is 6.88. The monoisotopic (exact) mass is 219 g/mol. The minimum absolute atomic E-state index is 0.165. The van der Waals surface area contributed by atoms with Gasteiger partial charge < -0.3 is 5.73 Å². The van der Waals surface area contributed by atoms with Crippen LogP contribution in [0.1, 0.15) is 30.3 Å². The zero-order chi connectivity index (χ0) is 11.5. The molecular weight excluding hydrogens is 207 g/mol. The third kappa shape index (κ3) is 4.24. The molecule has 3 nitrogen and oxygen atoms in total. The van der Waals surface area contributed by atoms with Crippen LogP contribution in [-0.4, -0.2) is 16.1 Å². The average molecular weight is 219 g/mol. The van der Waals surface area contributed by atoms with Gasteiger partial charge in [0.25, 0.3) is 0 Å². The summed E-state index contributed by atoms with van der Waals surface area (Å²) in [5.74, 6) is 0. The van der Waals surface area contributed by atoms with E-state index in [1.807, 2.05) is 0 Å². The Bertz CT molecular complexity index is 307. The highest BCUT2D eigenvalue weighted by atomic mass is 19.4. The van der Waals surface area contributed by atoms with Gasteiger partial charge in [-0.15, -0.1) is 0 Å². The highest BCUT2D eigenvalue weighted by Gasteiger charge is 2.28. The normalized spacial score (nSPS) is 13.9. The Morgan fingerprint density at radius 3 is 2.47 bits per heavy atom. The maximum atomic E-state index is 11.9. The van der Waals surface area contributed by atoms with Gasteiger partial charge >= 0.3 is 6.18 Å². The largest absolute Gasteiger partial charge is 0.389 e. The van der Waals surface area contributed by atoms with E-state index in [0.29, 0.717) is 11.4 Å². The molecule has 0 bridgehead atoms. The molecule has 1 atom stereocenters. The second kappa shape index (κ2) is 4.57. The van der Waals surface area contributed by atoms with Crippen LogP contribution in [0.2, 0.25) is 0 Å². The van der Waals surface area contributed by atoms with Gasteiger partial charge in [0.2, 0.25) is 0 Å². The number of rotatable bonds is 3. The second-order valence-electron chi connectivity index (χ2n) is 3.34. The highest BCUT2D eigenvalue weighted by Crippen LogP contribution is 2.25. The Hall–Kier alpha value is -1.17. The molecule has 84 valence electrons. The van der Waals surface area contributed by atoms with Crippen LogP contribution in [-0.2, 0) is 0 Å². The first kappa shape index (κ1) is 11.9. The van der Waals surface area contributed by atoms with Crippen molar-refractivity contribution in [2.45, 2.75) is 32.0 Å². The number of aryl methyl sites for hydroxylation is 1. The summed E-state index contributed by atoms with van der Waals surface area (Å²) < 4.78 is 35.7. The van der Waals surface area contributed by atoms with E-state index < -0.39 is 18.6 Å². The van der Waals surface area contributed by atoms with Crippen LogP contribution in [0.3, 0.4) is 0 Å². The van der Waals surface area contributed by atoms with Crippen molar-refractivity contribution in [1.82, 2.24) is 9.97 Å². The Balaban J connectivity index is 2.54. The van der Waals surface area contributed by atoms with E-state index in [1.54, 1.807) is 6.92 Å². The maximum Gasteiger partial charge on any atom is 0.389 e. The van der Waals surface area contributed by atoms with E-state index in [4.69, 9.17) is 5.73 Å². The molecule has 0 aliphatic heterocycles. The van der Waals surface area contributed by atoms with Gasteiger partial charge in [-0.3, -0.25) is 9.97 Å². The van der Waals surface area contributed by atoms with Crippen molar-refractivity contribution in [3.63, 3.8) is 0 Å². The molecule has 1 heterocycles. The molecule has 1 aromatic heterocycles. The molecule has 0 fully saturated rings. The average Bonchev–Trinajstić information content (AvgIpc) is 2.14. The van der Waals surface area contributed by atoms with Crippen LogP contribution >= 0.6 is 0 Å². The molecule has 1 rings (SSSR count). The number of hydrogen-bond donors (Lipinski definition) is 1. The molecule has 0 amide bonds. The quantitative estimate of drug-likeness (QED) is 0.847. The smallest absolute Gasteiger partial charge is 0.323 e. The van der Waals surface area contributed by atoms with Crippen LogP contribution < -0.4 is 5.73 Å². The predicted molar refractivity (Wildman–Crippen MR) is 49.0 cm³/mol. The Kier molecular flexibility index (Phi) is 3.62. The summed E-state index contributed by atoms with van der Waals surface area (Å²) in [4.78, 5) is 7.84. The van der Waals surface area contributed by atoms with E-state index in [9.17, 15) is 13.2 Å². The molecule has 15 heavy (non-hydrogen) atoms. The van der Waals surface area contributed by atoms with Gasteiger partial charge in [-0.1, -0.05) is 0 Å². The Labute approximate surface area is 85.5 Å². The first-order valence-electron chi connectivity index (χ1n) is 4.49. The summed E-state index contributed by atoms with van der Waals surface area (Å²) in [7, 11) is 0. The number of alkyl halides is 3. The van der Waals surface area contributed by atoms with Gasteiger partial charge in [0.1, 0.15) is 0 Å². The molecule has 0 spiro atoms. The molecule has 2 N–H and O–H groups in total. The number of nitrogens with zero attached hydrogens (tertiary/aromatic N) is 2. The lowest BCUT2D eigenvalue weighted by Gasteiger charge is -2.12. The van der Waals surface area contributed by atoms with E-state index in [0.717, 1.165) is 0 Å². The van der Waals surface area contributed by atoms with Crippen LogP contribution in [0.25, 0.3) is 0 Å². The Morgan fingerprint density at radius 2 is 2.00 bits per heavy atom. The number of hydrogen-bond acceptors (Lipinski definition) is 3. The van der Waals surface area contributed by atoms with Crippen molar-refractivity contribution >= 4 is 0 Å². The predicted octanol–water partition coefficient (Wildman–Crippen LogP) is 2.13. The summed E-state index contributed by atoms with van der Waals surface area (Å²) in [6, 6.07) is -0.709. The number of aromatic nitrogens is 2. The SMILES string of the molecule is Cc1cnc(C(N)CCC(F)(F)F)cn1. The van der Waals surface area contributed by atoms with E-state index in [1.165, 1.54) is 12.4 Å². The summed E-state index contributed by atoms with van der Waals surface area (Å²) in [5, 5.41) is 0. The molecular formula is C9H12F3N3. The van der Waals surface area contributed by atoms with Crippen LogP contribution in [0.15, 0.2) is 12.4 Å².